The van der Waals surface area contributed by atoms with Crippen molar-refractivity contribution in [3.05, 3.63) is 35.3 Å². The van der Waals surface area contributed by atoms with Gasteiger partial charge in [0.05, 0.1) is 0 Å². The quantitative estimate of drug-likeness (QED) is 0.444. The number of hydrogen-bond acceptors (Lipinski definition) is 3. The standard InChI is InChI=1S/C20H27FN4O2/c1-3-22-20(23-9-5-11-25-10-4-6-19(25)26)24-13-18-14(2)16-12-15(21)7-8-17(16)27-18/h7-8,12H,3-6,9-11,13H2,1-2H3,(H2,22,23,24). The average molecular weight is 374 g/mol. The molecule has 3 rings (SSSR count). The number of nitrogens with zero attached hydrogens (tertiary/aromatic N) is 2. The predicted molar refractivity (Wildman–Crippen MR) is 104 cm³/mol. The molecule has 1 fully saturated rings. The molecule has 1 aromatic heterocycles. The topological polar surface area (TPSA) is 69.9 Å². The lowest BCUT2D eigenvalue weighted by Gasteiger charge is -2.16. The molecule has 0 unspecified atom stereocenters. The Bertz CT molecular complexity index is 831. The largest absolute Gasteiger partial charge is 0.459 e. The predicted octanol–water partition coefficient (Wildman–Crippen LogP) is 2.95. The Balaban J connectivity index is 1.57. The van der Waals surface area contributed by atoms with Crippen LogP contribution in [0.4, 0.5) is 4.39 Å². The molecule has 1 aliphatic rings. The zero-order chi connectivity index (χ0) is 19.2. The lowest BCUT2D eigenvalue weighted by atomic mass is 10.1. The maximum Gasteiger partial charge on any atom is 0.222 e. The number of aryl methyl sites for hydroxylation is 1. The Morgan fingerprint density at radius 1 is 1.37 bits per heavy atom. The summed E-state index contributed by atoms with van der Waals surface area (Å²) in [5.74, 6) is 1.42. The SMILES string of the molecule is CCNC(=NCc1oc2ccc(F)cc2c1C)NCCCN1CCCC1=O. The van der Waals surface area contributed by atoms with Gasteiger partial charge in [0.2, 0.25) is 5.91 Å². The minimum atomic E-state index is -0.270. The molecule has 0 bridgehead atoms. The number of hydrogen-bond donors (Lipinski definition) is 2. The summed E-state index contributed by atoms with van der Waals surface area (Å²) in [6, 6.07) is 4.54. The van der Waals surface area contributed by atoms with Gasteiger partial charge < -0.3 is 20.0 Å². The highest BCUT2D eigenvalue weighted by Crippen LogP contribution is 2.26. The molecular weight excluding hydrogens is 347 g/mol. The number of guanidine groups is 1. The van der Waals surface area contributed by atoms with E-state index in [-0.39, 0.29) is 11.7 Å². The van der Waals surface area contributed by atoms with Gasteiger partial charge in [-0.2, -0.15) is 0 Å². The summed E-state index contributed by atoms with van der Waals surface area (Å²) in [5.41, 5.74) is 1.59. The van der Waals surface area contributed by atoms with Gasteiger partial charge >= 0.3 is 0 Å². The summed E-state index contributed by atoms with van der Waals surface area (Å²) in [4.78, 5) is 18.1. The van der Waals surface area contributed by atoms with E-state index in [1.165, 1.54) is 12.1 Å². The Morgan fingerprint density at radius 2 is 2.22 bits per heavy atom. The van der Waals surface area contributed by atoms with Crippen molar-refractivity contribution in [2.45, 2.75) is 39.7 Å². The number of carbonyl (C=O) groups is 1. The first-order valence-corrected chi connectivity index (χ1v) is 9.56. The van der Waals surface area contributed by atoms with Gasteiger partial charge in [0.1, 0.15) is 23.7 Å². The number of aliphatic imine (C=N–C) groups is 1. The zero-order valence-electron chi connectivity index (χ0n) is 16.0. The minimum absolute atomic E-state index is 0.257. The van der Waals surface area contributed by atoms with Gasteiger partial charge in [-0.25, -0.2) is 9.38 Å². The van der Waals surface area contributed by atoms with Crippen molar-refractivity contribution in [1.82, 2.24) is 15.5 Å². The molecule has 0 atom stereocenters. The molecule has 0 saturated carbocycles. The lowest BCUT2D eigenvalue weighted by Crippen LogP contribution is -2.39. The number of benzene rings is 1. The third kappa shape index (κ3) is 4.78. The lowest BCUT2D eigenvalue weighted by molar-refractivity contribution is -0.127. The van der Waals surface area contributed by atoms with Crippen LogP contribution in [0.2, 0.25) is 0 Å². The number of halogens is 1. The van der Waals surface area contributed by atoms with Crippen molar-refractivity contribution in [2.24, 2.45) is 4.99 Å². The smallest absolute Gasteiger partial charge is 0.222 e. The number of fused-ring (bicyclic) bond motifs is 1. The molecule has 6 nitrogen and oxygen atoms in total. The van der Waals surface area contributed by atoms with Crippen LogP contribution < -0.4 is 10.6 Å². The summed E-state index contributed by atoms with van der Waals surface area (Å²) in [7, 11) is 0. The van der Waals surface area contributed by atoms with Crippen LogP contribution in [0.3, 0.4) is 0 Å². The number of furan rings is 1. The van der Waals surface area contributed by atoms with Gasteiger partial charge in [0.15, 0.2) is 5.96 Å². The van der Waals surface area contributed by atoms with E-state index in [0.29, 0.717) is 24.5 Å². The maximum atomic E-state index is 13.4. The van der Waals surface area contributed by atoms with E-state index in [1.807, 2.05) is 18.7 Å². The van der Waals surface area contributed by atoms with Gasteiger partial charge in [-0.05, 0) is 44.9 Å². The van der Waals surface area contributed by atoms with E-state index in [4.69, 9.17) is 4.42 Å². The minimum Gasteiger partial charge on any atom is -0.459 e. The first-order chi connectivity index (χ1) is 13.1. The second-order valence-electron chi connectivity index (χ2n) is 6.75. The van der Waals surface area contributed by atoms with E-state index in [9.17, 15) is 9.18 Å². The molecule has 27 heavy (non-hydrogen) atoms. The van der Waals surface area contributed by atoms with Crippen molar-refractivity contribution in [1.29, 1.82) is 0 Å². The summed E-state index contributed by atoms with van der Waals surface area (Å²) in [6.07, 6.45) is 2.52. The van der Waals surface area contributed by atoms with Crippen molar-refractivity contribution >= 4 is 22.8 Å². The molecule has 146 valence electrons. The monoisotopic (exact) mass is 374 g/mol. The third-order valence-electron chi connectivity index (χ3n) is 4.79. The molecule has 0 spiro atoms. The average Bonchev–Trinajstić information content (AvgIpc) is 3.20. The summed E-state index contributed by atoms with van der Waals surface area (Å²) < 4.78 is 19.2. The fourth-order valence-corrected chi connectivity index (χ4v) is 3.30. The highest BCUT2D eigenvalue weighted by molar-refractivity contribution is 5.82. The Hall–Kier alpha value is -2.57. The summed E-state index contributed by atoms with van der Waals surface area (Å²) >= 11 is 0. The number of nitrogens with one attached hydrogen (secondary N) is 2. The van der Waals surface area contributed by atoms with E-state index in [1.54, 1.807) is 6.07 Å². The molecule has 2 aromatic rings. The van der Waals surface area contributed by atoms with Gasteiger partial charge in [-0.3, -0.25) is 4.79 Å². The van der Waals surface area contributed by atoms with Gasteiger partial charge in [0, 0.05) is 43.5 Å². The van der Waals surface area contributed by atoms with Gasteiger partial charge in [-0.15, -0.1) is 0 Å². The van der Waals surface area contributed by atoms with E-state index >= 15 is 0 Å². The molecule has 2 N–H and O–H groups in total. The number of rotatable bonds is 7. The molecular formula is C20H27FN4O2. The van der Waals surface area contributed by atoms with Crippen LogP contribution in [0.5, 0.6) is 0 Å². The second-order valence-corrected chi connectivity index (χ2v) is 6.75. The van der Waals surface area contributed by atoms with Crippen LogP contribution >= 0.6 is 0 Å². The van der Waals surface area contributed by atoms with Crippen molar-refractivity contribution in [2.75, 3.05) is 26.2 Å². The first kappa shape index (κ1) is 19.2. The van der Waals surface area contributed by atoms with Crippen LogP contribution in [-0.4, -0.2) is 42.9 Å². The molecule has 2 heterocycles. The Kier molecular flexibility index (Phi) is 6.32. The number of amides is 1. The van der Waals surface area contributed by atoms with E-state index in [2.05, 4.69) is 15.6 Å². The maximum absolute atomic E-state index is 13.4. The summed E-state index contributed by atoms with van der Waals surface area (Å²) in [5, 5.41) is 7.29. The van der Waals surface area contributed by atoms with Crippen molar-refractivity contribution in [3.8, 4) is 0 Å². The van der Waals surface area contributed by atoms with Crippen LogP contribution in [0.15, 0.2) is 27.6 Å². The van der Waals surface area contributed by atoms with Crippen molar-refractivity contribution in [3.63, 3.8) is 0 Å². The highest BCUT2D eigenvalue weighted by atomic mass is 19.1. The van der Waals surface area contributed by atoms with Crippen LogP contribution in [0, 0.1) is 12.7 Å². The first-order valence-electron chi connectivity index (χ1n) is 9.56. The fraction of sp³-hybridized carbons (Fsp3) is 0.500. The molecule has 1 amide bonds. The van der Waals surface area contributed by atoms with E-state index < -0.39 is 0 Å². The molecule has 1 aliphatic heterocycles. The van der Waals surface area contributed by atoms with Crippen molar-refractivity contribution < 1.29 is 13.6 Å². The van der Waals surface area contributed by atoms with Crippen LogP contribution in [0.25, 0.3) is 11.0 Å². The number of likely N-dealkylation sites (tertiary alicyclic amines) is 1. The highest BCUT2D eigenvalue weighted by Gasteiger charge is 2.19. The normalized spacial score (nSPS) is 15.0. The molecule has 0 radical (unpaired) electrons. The summed E-state index contributed by atoms with van der Waals surface area (Å²) in [6.45, 7) is 7.44. The third-order valence-corrected chi connectivity index (χ3v) is 4.79. The van der Waals surface area contributed by atoms with Gasteiger partial charge in [0.25, 0.3) is 0 Å². The zero-order valence-corrected chi connectivity index (χ0v) is 16.0. The number of carbonyl (C=O) groups excluding carboxylic acids is 1. The molecule has 0 aliphatic carbocycles. The molecule has 7 heteroatoms. The van der Waals surface area contributed by atoms with Gasteiger partial charge in [-0.1, -0.05) is 0 Å². The second kappa shape index (κ2) is 8.88. The van der Waals surface area contributed by atoms with E-state index in [0.717, 1.165) is 55.7 Å². The molecule has 1 saturated heterocycles. The van der Waals surface area contributed by atoms with Crippen LogP contribution in [0.1, 0.15) is 37.5 Å². The Labute approximate surface area is 158 Å². The Morgan fingerprint density at radius 3 is 2.96 bits per heavy atom. The fourth-order valence-electron chi connectivity index (χ4n) is 3.30. The van der Waals surface area contributed by atoms with Crippen LogP contribution in [-0.2, 0) is 11.3 Å². The molecule has 1 aromatic carbocycles.